The number of nitrogens with one attached hydrogen (secondary N) is 1. The number of likely N-dealkylation sites (tertiary alicyclic amines) is 1. The van der Waals surface area contributed by atoms with Crippen LogP contribution in [0.15, 0.2) is 54.6 Å². The number of hydrogen-bond acceptors (Lipinski definition) is 2. The Morgan fingerprint density at radius 3 is 2.57 bits per heavy atom. The number of amides is 1. The molecule has 28 heavy (non-hydrogen) atoms. The van der Waals surface area contributed by atoms with Gasteiger partial charge in [0.1, 0.15) is 0 Å². The summed E-state index contributed by atoms with van der Waals surface area (Å²) in [6, 6.07) is 18.4. The van der Waals surface area contributed by atoms with Crippen LogP contribution in [-0.2, 0) is 11.3 Å². The first kappa shape index (κ1) is 20.9. The molecule has 0 unspecified atom stereocenters. The van der Waals surface area contributed by atoms with Crippen molar-refractivity contribution in [3.63, 3.8) is 0 Å². The average Bonchev–Trinajstić information content (AvgIpc) is 2.70. The molecule has 1 aliphatic heterocycles. The van der Waals surface area contributed by atoms with E-state index in [2.05, 4.69) is 42.3 Å². The van der Waals surface area contributed by atoms with E-state index in [-0.39, 0.29) is 17.9 Å². The summed E-state index contributed by atoms with van der Waals surface area (Å²) in [7, 11) is 0. The number of carbonyl (C=O) groups is 1. The van der Waals surface area contributed by atoms with Crippen LogP contribution < -0.4 is 5.32 Å². The number of halogens is 1. The number of benzene rings is 2. The molecule has 1 heterocycles. The van der Waals surface area contributed by atoms with E-state index >= 15 is 0 Å². The maximum Gasteiger partial charge on any atom is 0.224 e. The van der Waals surface area contributed by atoms with Gasteiger partial charge < -0.3 is 5.32 Å². The predicted octanol–water partition coefficient (Wildman–Crippen LogP) is 5.46. The van der Waals surface area contributed by atoms with Crippen LogP contribution in [0.2, 0.25) is 5.02 Å². The molecular formula is C24H31ClN2O. The fourth-order valence-corrected chi connectivity index (χ4v) is 4.20. The Bertz CT molecular complexity index is 762. The van der Waals surface area contributed by atoms with E-state index in [4.69, 9.17) is 11.6 Å². The van der Waals surface area contributed by atoms with Crippen LogP contribution in [0.5, 0.6) is 0 Å². The van der Waals surface area contributed by atoms with E-state index < -0.39 is 0 Å². The van der Waals surface area contributed by atoms with Crippen LogP contribution in [0.25, 0.3) is 0 Å². The zero-order chi connectivity index (χ0) is 19.9. The Labute approximate surface area is 174 Å². The van der Waals surface area contributed by atoms with Gasteiger partial charge in [-0.1, -0.05) is 74.0 Å². The molecule has 0 saturated carbocycles. The minimum atomic E-state index is 0.0367. The zero-order valence-electron chi connectivity index (χ0n) is 16.9. The molecule has 3 nitrogen and oxygen atoms in total. The van der Waals surface area contributed by atoms with Crippen molar-refractivity contribution in [2.75, 3.05) is 13.1 Å². The molecule has 0 bridgehead atoms. The molecule has 1 saturated heterocycles. The zero-order valence-corrected chi connectivity index (χ0v) is 17.7. The Hall–Kier alpha value is -1.84. The number of piperidine rings is 1. The summed E-state index contributed by atoms with van der Waals surface area (Å²) in [5.74, 6) is 0.738. The first-order valence-electron chi connectivity index (χ1n) is 10.3. The van der Waals surface area contributed by atoms with Crippen molar-refractivity contribution in [2.24, 2.45) is 11.8 Å². The minimum Gasteiger partial charge on any atom is -0.349 e. The van der Waals surface area contributed by atoms with Crippen LogP contribution in [0.1, 0.15) is 50.3 Å². The van der Waals surface area contributed by atoms with Crippen molar-refractivity contribution in [1.29, 1.82) is 0 Å². The van der Waals surface area contributed by atoms with Gasteiger partial charge >= 0.3 is 0 Å². The highest BCUT2D eigenvalue weighted by Crippen LogP contribution is 2.25. The Morgan fingerprint density at radius 1 is 1.14 bits per heavy atom. The van der Waals surface area contributed by atoms with Gasteiger partial charge in [-0.05, 0) is 48.9 Å². The van der Waals surface area contributed by atoms with Gasteiger partial charge in [-0.3, -0.25) is 9.69 Å². The number of rotatable bonds is 7. The highest BCUT2D eigenvalue weighted by Gasteiger charge is 2.28. The first-order chi connectivity index (χ1) is 13.5. The van der Waals surface area contributed by atoms with E-state index in [0.717, 1.165) is 49.5 Å². The van der Waals surface area contributed by atoms with E-state index in [1.54, 1.807) is 0 Å². The number of carbonyl (C=O) groups excluding carboxylic acids is 1. The summed E-state index contributed by atoms with van der Waals surface area (Å²) in [6.07, 6.45) is 2.95. The topological polar surface area (TPSA) is 32.3 Å². The molecule has 0 radical (unpaired) electrons. The van der Waals surface area contributed by atoms with Crippen molar-refractivity contribution in [2.45, 2.75) is 45.7 Å². The van der Waals surface area contributed by atoms with E-state index in [1.165, 1.54) is 5.56 Å². The van der Waals surface area contributed by atoms with E-state index in [0.29, 0.717) is 5.92 Å². The fraction of sp³-hybridized carbons (Fsp3) is 0.458. The van der Waals surface area contributed by atoms with Crippen molar-refractivity contribution in [1.82, 2.24) is 10.2 Å². The van der Waals surface area contributed by atoms with Crippen molar-refractivity contribution in [3.05, 3.63) is 70.7 Å². The maximum atomic E-state index is 13.1. The van der Waals surface area contributed by atoms with Gasteiger partial charge in [-0.2, -0.15) is 0 Å². The van der Waals surface area contributed by atoms with Crippen LogP contribution in [0.4, 0.5) is 0 Å². The second-order valence-electron chi connectivity index (χ2n) is 8.27. The van der Waals surface area contributed by atoms with Crippen LogP contribution in [0, 0.1) is 11.8 Å². The highest BCUT2D eigenvalue weighted by atomic mass is 35.5. The minimum absolute atomic E-state index is 0.0367. The molecule has 1 fully saturated rings. The maximum absolute atomic E-state index is 13.1. The third-order valence-electron chi connectivity index (χ3n) is 5.45. The van der Waals surface area contributed by atoms with Gasteiger partial charge in [0, 0.05) is 18.1 Å². The molecule has 0 aliphatic carbocycles. The van der Waals surface area contributed by atoms with Crippen LogP contribution >= 0.6 is 11.6 Å². The van der Waals surface area contributed by atoms with E-state index in [1.807, 2.05) is 36.4 Å². The summed E-state index contributed by atoms with van der Waals surface area (Å²) >= 11 is 6.32. The third kappa shape index (κ3) is 5.83. The smallest absolute Gasteiger partial charge is 0.224 e. The lowest BCUT2D eigenvalue weighted by atomic mass is 9.93. The van der Waals surface area contributed by atoms with Gasteiger partial charge in [0.2, 0.25) is 5.91 Å². The quantitative estimate of drug-likeness (QED) is 0.672. The average molecular weight is 399 g/mol. The van der Waals surface area contributed by atoms with Crippen LogP contribution in [0.3, 0.4) is 0 Å². The molecule has 0 spiro atoms. The molecule has 1 amide bonds. The summed E-state index contributed by atoms with van der Waals surface area (Å²) in [5.41, 5.74) is 2.32. The molecule has 2 aromatic rings. The standard InChI is InChI=1S/C24H31ClN2O/c1-18(2)15-23(19-9-4-3-5-10-19)26-24(28)21-12-8-14-27(17-21)16-20-11-6-7-13-22(20)25/h3-7,9-11,13,18,21,23H,8,12,14-17H2,1-2H3,(H,26,28)/t21-,23-/m0/s1. The van der Waals surface area contributed by atoms with Gasteiger partial charge in [-0.15, -0.1) is 0 Å². The SMILES string of the molecule is CC(C)C[C@H](NC(=O)[C@H]1CCCN(Cc2ccccc2Cl)C1)c1ccccc1. The van der Waals surface area contributed by atoms with Crippen molar-refractivity contribution in [3.8, 4) is 0 Å². The van der Waals surface area contributed by atoms with Crippen molar-refractivity contribution < 1.29 is 4.79 Å². The third-order valence-corrected chi connectivity index (χ3v) is 5.82. The first-order valence-corrected chi connectivity index (χ1v) is 10.7. The normalized spacial score (nSPS) is 18.8. The molecule has 0 aromatic heterocycles. The molecule has 2 atom stereocenters. The lowest BCUT2D eigenvalue weighted by Gasteiger charge is -2.33. The monoisotopic (exact) mass is 398 g/mol. The number of nitrogens with zero attached hydrogens (tertiary/aromatic N) is 1. The molecule has 1 N–H and O–H groups in total. The summed E-state index contributed by atoms with van der Waals surface area (Å²) in [5, 5.41) is 4.14. The van der Waals surface area contributed by atoms with Gasteiger partial charge in [0.25, 0.3) is 0 Å². The lowest BCUT2D eigenvalue weighted by molar-refractivity contribution is -0.127. The predicted molar refractivity (Wildman–Crippen MR) is 116 cm³/mol. The summed E-state index contributed by atoms with van der Waals surface area (Å²) in [6.45, 7) is 7.02. The summed E-state index contributed by atoms with van der Waals surface area (Å²) < 4.78 is 0. The Kier molecular flexibility index (Phi) is 7.52. The Balaban J connectivity index is 1.63. The van der Waals surface area contributed by atoms with Crippen LogP contribution in [-0.4, -0.2) is 23.9 Å². The fourth-order valence-electron chi connectivity index (χ4n) is 4.01. The largest absolute Gasteiger partial charge is 0.349 e. The molecular weight excluding hydrogens is 368 g/mol. The molecule has 4 heteroatoms. The highest BCUT2D eigenvalue weighted by molar-refractivity contribution is 6.31. The van der Waals surface area contributed by atoms with E-state index in [9.17, 15) is 4.79 Å². The molecule has 1 aliphatic rings. The summed E-state index contributed by atoms with van der Waals surface area (Å²) in [4.78, 5) is 15.4. The van der Waals surface area contributed by atoms with Gasteiger partial charge in [0.05, 0.1) is 12.0 Å². The van der Waals surface area contributed by atoms with Gasteiger partial charge in [0.15, 0.2) is 0 Å². The second-order valence-corrected chi connectivity index (χ2v) is 8.67. The Morgan fingerprint density at radius 2 is 1.86 bits per heavy atom. The molecule has 150 valence electrons. The van der Waals surface area contributed by atoms with Gasteiger partial charge in [-0.25, -0.2) is 0 Å². The lowest BCUT2D eigenvalue weighted by Crippen LogP contribution is -2.43. The molecule has 3 rings (SSSR count). The van der Waals surface area contributed by atoms with Crippen molar-refractivity contribution >= 4 is 17.5 Å². The second kappa shape index (κ2) is 10.1. The molecule has 2 aromatic carbocycles. The number of hydrogen-bond donors (Lipinski definition) is 1.